The summed E-state index contributed by atoms with van der Waals surface area (Å²) in [4.78, 5) is 10.6. The van der Waals surface area contributed by atoms with Crippen LogP contribution in [0.15, 0.2) is 18.5 Å². The number of carboxylic acid groups (broad SMARTS) is 1. The average Bonchev–Trinajstić information content (AvgIpc) is 2.46. The third-order valence-corrected chi connectivity index (χ3v) is 2.01. The van der Waals surface area contributed by atoms with Crippen LogP contribution in [0.5, 0.6) is 5.75 Å². The van der Waals surface area contributed by atoms with Crippen LogP contribution in [0.3, 0.4) is 0 Å². The summed E-state index contributed by atoms with van der Waals surface area (Å²) in [7, 11) is 0. The molecule has 0 fully saturated rings. The molecule has 0 bridgehead atoms. The van der Waals surface area contributed by atoms with Gasteiger partial charge in [0.1, 0.15) is 11.1 Å². The normalized spacial score (nSPS) is 10.6. The fourth-order valence-electron chi connectivity index (χ4n) is 1.17. The van der Waals surface area contributed by atoms with E-state index < -0.39 is 5.97 Å². The van der Waals surface area contributed by atoms with Gasteiger partial charge >= 0.3 is 5.97 Å². The first-order chi connectivity index (χ1) is 6.59. The van der Waals surface area contributed by atoms with Gasteiger partial charge in [-0.2, -0.15) is 5.10 Å². The van der Waals surface area contributed by atoms with Crippen LogP contribution in [0.1, 0.15) is 10.4 Å². The number of fused-ring (bicyclic) bond motifs is 1. The zero-order valence-corrected chi connectivity index (χ0v) is 7.56. The molecule has 0 atom stereocenters. The van der Waals surface area contributed by atoms with Crippen molar-refractivity contribution in [3.8, 4) is 5.75 Å². The third-order valence-electron chi connectivity index (χ3n) is 1.81. The molecule has 2 rings (SSSR count). The fraction of sp³-hybridized carbons (Fsp3) is 0. The van der Waals surface area contributed by atoms with E-state index in [9.17, 15) is 9.90 Å². The second-order valence-corrected chi connectivity index (χ2v) is 3.14. The highest BCUT2D eigenvalue weighted by Gasteiger charge is 2.14. The Morgan fingerprint density at radius 2 is 2.29 bits per heavy atom. The molecular formula is C8H5ClN2O3. The Morgan fingerprint density at radius 3 is 2.93 bits per heavy atom. The highest BCUT2D eigenvalue weighted by atomic mass is 35.5. The minimum absolute atomic E-state index is 0.243. The zero-order chi connectivity index (χ0) is 10.3. The number of hydrogen-bond acceptors (Lipinski definition) is 3. The van der Waals surface area contributed by atoms with Crippen molar-refractivity contribution in [2.75, 3.05) is 0 Å². The Bertz CT molecular complexity index is 521. The fourth-order valence-corrected chi connectivity index (χ4v) is 1.36. The Labute approximate surface area is 83.2 Å². The molecule has 2 aromatic rings. The molecule has 0 saturated carbocycles. The lowest BCUT2D eigenvalue weighted by molar-refractivity contribution is 0.0693. The molecule has 0 unspecified atom stereocenters. The van der Waals surface area contributed by atoms with Crippen LogP contribution in [-0.4, -0.2) is 25.8 Å². The van der Waals surface area contributed by atoms with E-state index in [1.54, 1.807) is 0 Å². The molecule has 2 heterocycles. The van der Waals surface area contributed by atoms with E-state index in [2.05, 4.69) is 5.10 Å². The van der Waals surface area contributed by atoms with Gasteiger partial charge in [-0.05, 0) is 6.07 Å². The molecule has 72 valence electrons. The maximum absolute atomic E-state index is 10.6. The second kappa shape index (κ2) is 2.88. The Kier molecular flexibility index (Phi) is 1.82. The molecule has 5 nitrogen and oxygen atoms in total. The van der Waals surface area contributed by atoms with Gasteiger partial charge in [-0.25, -0.2) is 9.31 Å². The maximum Gasteiger partial charge on any atom is 0.341 e. The van der Waals surface area contributed by atoms with Crippen LogP contribution in [0.2, 0.25) is 5.02 Å². The van der Waals surface area contributed by atoms with Gasteiger partial charge in [0.15, 0.2) is 5.75 Å². The zero-order valence-electron chi connectivity index (χ0n) is 6.81. The van der Waals surface area contributed by atoms with E-state index in [0.29, 0.717) is 5.02 Å². The SMILES string of the molecule is O=C(O)c1cnn2cc(Cl)cc2c1O. The number of carbonyl (C=O) groups is 1. The van der Waals surface area contributed by atoms with E-state index in [-0.39, 0.29) is 16.8 Å². The van der Waals surface area contributed by atoms with Crippen molar-refractivity contribution in [2.45, 2.75) is 0 Å². The van der Waals surface area contributed by atoms with Crippen LogP contribution in [0, 0.1) is 0 Å². The third kappa shape index (κ3) is 1.18. The molecule has 0 aliphatic carbocycles. The lowest BCUT2D eigenvalue weighted by Gasteiger charge is -2.00. The lowest BCUT2D eigenvalue weighted by atomic mass is 10.2. The van der Waals surface area contributed by atoms with Crippen molar-refractivity contribution >= 4 is 23.1 Å². The van der Waals surface area contributed by atoms with Crippen molar-refractivity contribution in [3.05, 3.63) is 29.0 Å². The number of carboxylic acids is 1. The van der Waals surface area contributed by atoms with Gasteiger partial charge in [-0.15, -0.1) is 0 Å². The predicted octanol–water partition coefficient (Wildman–Crippen LogP) is 1.39. The number of halogens is 1. The summed E-state index contributed by atoms with van der Waals surface area (Å²) in [5.74, 6) is -1.56. The van der Waals surface area contributed by atoms with E-state index in [0.717, 1.165) is 6.20 Å². The minimum Gasteiger partial charge on any atom is -0.505 e. The van der Waals surface area contributed by atoms with Crippen molar-refractivity contribution in [1.82, 2.24) is 9.61 Å². The topological polar surface area (TPSA) is 74.8 Å². The predicted molar refractivity (Wildman–Crippen MR) is 48.8 cm³/mol. The lowest BCUT2D eigenvalue weighted by Crippen LogP contribution is -2.00. The van der Waals surface area contributed by atoms with E-state index in [1.807, 2.05) is 0 Å². The van der Waals surface area contributed by atoms with Gasteiger partial charge in [0, 0.05) is 6.20 Å². The molecule has 0 aliphatic rings. The van der Waals surface area contributed by atoms with Crippen LogP contribution in [-0.2, 0) is 0 Å². The minimum atomic E-state index is -1.23. The van der Waals surface area contributed by atoms with Crippen molar-refractivity contribution in [2.24, 2.45) is 0 Å². The summed E-state index contributed by atoms with van der Waals surface area (Å²) >= 11 is 5.67. The Hall–Kier alpha value is -1.75. The van der Waals surface area contributed by atoms with Crippen LogP contribution < -0.4 is 0 Å². The Morgan fingerprint density at radius 1 is 1.57 bits per heavy atom. The molecule has 0 spiro atoms. The maximum atomic E-state index is 10.6. The standard InChI is InChI=1S/C8H5ClN2O3/c9-4-1-6-7(12)5(8(13)14)2-10-11(6)3-4/h1-3,12H,(H,13,14). The van der Waals surface area contributed by atoms with Crippen molar-refractivity contribution < 1.29 is 15.0 Å². The largest absolute Gasteiger partial charge is 0.505 e. The van der Waals surface area contributed by atoms with E-state index in [1.165, 1.54) is 16.8 Å². The molecule has 0 aromatic carbocycles. The first-order valence-electron chi connectivity index (χ1n) is 3.69. The van der Waals surface area contributed by atoms with Crippen LogP contribution in [0.4, 0.5) is 0 Å². The summed E-state index contributed by atoms with van der Waals surface area (Å²) in [5.41, 5.74) is 0.0298. The van der Waals surface area contributed by atoms with Crippen molar-refractivity contribution in [1.29, 1.82) is 0 Å². The average molecular weight is 213 g/mol. The molecule has 0 amide bonds. The summed E-state index contributed by atoms with van der Waals surface area (Å²) in [6.45, 7) is 0. The number of nitrogens with zero attached hydrogens (tertiary/aromatic N) is 2. The molecule has 6 heteroatoms. The molecule has 14 heavy (non-hydrogen) atoms. The molecule has 2 N–H and O–H groups in total. The van der Waals surface area contributed by atoms with Gasteiger partial charge in [0.05, 0.1) is 11.2 Å². The number of hydrogen-bond donors (Lipinski definition) is 2. The van der Waals surface area contributed by atoms with Gasteiger partial charge in [0.2, 0.25) is 0 Å². The monoisotopic (exact) mass is 212 g/mol. The first-order valence-corrected chi connectivity index (χ1v) is 4.06. The highest BCUT2D eigenvalue weighted by Crippen LogP contribution is 2.25. The van der Waals surface area contributed by atoms with Gasteiger partial charge in [-0.1, -0.05) is 11.6 Å². The van der Waals surface area contributed by atoms with Crippen LogP contribution in [0.25, 0.3) is 5.52 Å². The molecular weight excluding hydrogens is 208 g/mol. The molecule has 0 radical (unpaired) electrons. The number of aromatic nitrogens is 2. The summed E-state index contributed by atoms with van der Waals surface area (Å²) in [6.07, 6.45) is 2.54. The summed E-state index contributed by atoms with van der Waals surface area (Å²) in [5, 5.41) is 22.4. The summed E-state index contributed by atoms with van der Waals surface area (Å²) in [6, 6.07) is 1.44. The number of aromatic carboxylic acids is 1. The smallest absolute Gasteiger partial charge is 0.341 e. The van der Waals surface area contributed by atoms with Gasteiger partial charge < -0.3 is 10.2 Å². The molecule has 2 aromatic heterocycles. The van der Waals surface area contributed by atoms with E-state index >= 15 is 0 Å². The summed E-state index contributed by atoms with van der Waals surface area (Å²) < 4.78 is 1.31. The van der Waals surface area contributed by atoms with Gasteiger partial charge in [0.25, 0.3) is 0 Å². The molecule has 0 aliphatic heterocycles. The van der Waals surface area contributed by atoms with Crippen molar-refractivity contribution in [3.63, 3.8) is 0 Å². The van der Waals surface area contributed by atoms with Crippen LogP contribution >= 0.6 is 11.6 Å². The Balaban J connectivity index is 2.80. The first kappa shape index (κ1) is 8.83. The van der Waals surface area contributed by atoms with E-state index in [4.69, 9.17) is 16.7 Å². The quantitative estimate of drug-likeness (QED) is 0.749. The molecule has 0 saturated heterocycles. The van der Waals surface area contributed by atoms with Gasteiger partial charge in [-0.3, -0.25) is 0 Å². The second-order valence-electron chi connectivity index (χ2n) is 2.70. The highest BCUT2D eigenvalue weighted by molar-refractivity contribution is 6.31. The number of aromatic hydroxyl groups is 1. The number of rotatable bonds is 1.